The Bertz CT molecular complexity index is 583. The van der Waals surface area contributed by atoms with Gasteiger partial charge in [-0.2, -0.15) is 0 Å². The predicted molar refractivity (Wildman–Crippen MR) is 127 cm³/mol. The van der Waals surface area contributed by atoms with E-state index in [9.17, 15) is 9.59 Å². The Morgan fingerprint density at radius 1 is 1.00 bits per heavy atom. The third-order valence-corrected chi connectivity index (χ3v) is 5.93. The number of halogens is 1. The first kappa shape index (κ1) is 25.1. The number of ether oxygens (including phenoxy) is 1. The molecule has 172 valence electrons. The molecule has 0 aromatic carbocycles. The van der Waals surface area contributed by atoms with Gasteiger partial charge in [0.05, 0.1) is 6.54 Å². The monoisotopic (exact) mass is 536 g/mol. The smallest absolute Gasteiger partial charge is 0.251 e. The molecule has 30 heavy (non-hydrogen) atoms. The zero-order valence-corrected chi connectivity index (χ0v) is 20.7. The number of hydrogen-bond acceptors (Lipinski definition) is 5. The van der Waals surface area contributed by atoms with Crippen LogP contribution in [-0.4, -0.2) is 122 Å². The van der Waals surface area contributed by atoms with E-state index < -0.39 is 0 Å². The van der Waals surface area contributed by atoms with Gasteiger partial charge in [0, 0.05) is 79.0 Å². The zero-order chi connectivity index (χ0) is 20.6. The van der Waals surface area contributed by atoms with Gasteiger partial charge in [0.1, 0.15) is 6.10 Å². The summed E-state index contributed by atoms with van der Waals surface area (Å²) in [4.78, 5) is 37.2. The first-order valence-corrected chi connectivity index (χ1v) is 11.0. The molecule has 1 N–H and O–H groups in total. The van der Waals surface area contributed by atoms with Crippen molar-refractivity contribution in [2.45, 2.75) is 32.8 Å². The molecule has 3 rings (SSSR count). The maximum Gasteiger partial charge on any atom is 0.251 e. The Labute approximate surface area is 197 Å². The van der Waals surface area contributed by atoms with Crippen molar-refractivity contribution in [1.82, 2.24) is 24.9 Å². The number of amides is 2. The normalized spacial score (nSPS) is 23.3. The minimum absolute atomic E-state index is 0. The second-order valence-corrected chi connectivity index (χ2v) is 7.90. The lowest BCUT2D eigenvalue weighted by atomic mass is 10.2. The van der Waals surface area contributed by atoms with Crippen molar-refractivity contribution in [3.8, 4) is 0 Å². The van der Waals surface area contributed by atoms with Gasteiger partial charge >= 0.3 is 0 Å². The Balaban J connectivity index is 0.00000320. The average Bonchev–Trinajstić information content (AvgIpc) is 3.28. The van der Waals surface area contributed by atoms with E-state index in [0.717, 1.165) is 90.8 Å². The van der Waals surface area contributed by atoms with Gasteiger partial charge in [0.2, 0.25) is 5.91 Å². The van der Waals surface area contributed by atoms with Crippen LogP contribution in [0.4, 0.5) is 0 Å². The summed E-state index contributed by atoms with van der Waals surface area (Å²) in [6.45, 7) is 13.3. The molecule has 3 aliphatic heterocycles. The molecule has 1 unspecified atom stereocenters. The molecule has 0 saturated carbocycles. The summed E-state index contributed by atoms with van der Waals surface area (Å²) in [5, 5.41) is 3.39. The fourth-order valence-electron chi connectivity index (χ4n) is 4.12. The molecule has 3 fully saturated rings. The fraction of sp³-hybridized carbons (Fsp3) is 0.850. The first-order chi connectivity index (χ1) is 14.1. The van der Waals surface area contributed by atoms with Crippen LogP contribution in [0.1, 0.15) is 26.7 Å². The van der Waals surface area contributed by atoms with Gasteiger partial charge in [-0.15, -0.1) is 24.0 Å². The summed E-state index contributed by atoms with van der Waals surface area (Å²) < 4.78 is 5.54. The van der Waals surface area contributed by atoms with Crippen LogP contribution in [0.25, 0.3) is 0 Å². The second-order valence-electron chi connectivity index (χ2n) is 7.90. The van der Waals surface area contributed by atoms with Crippen LogP contribution in [0.2, 0.25) is 0 Å². The number of rotatable bonds is 5. The minimum Gasteiger partial charge on any atom is -0.368 e. The summed E-state index contributed by atoms with van der Waals surface area (Å²) >= 11 is 0. The van der Waals surface area contributed by atoms with Crippen LogP contribution in [0.15, 0.2) is 4.99 Å². The maximum atomic E-state index is 12.5. The summed E-state index contributed by atoms with van der Waals surface area (Å²) in [7, 11) is 0. The van der Waals surface area contributed by atoms with Gasteiger partial charge < -0.3 is 24.8 Å². The molecule has 0 aliphatic carbocycles. The molecular formula is C20H37IN6O3. The number of aliphatic imine (C=N–C) groups is 1. The number of guanidine groups is 1. The van der Waals surface area contributed by atoms with Crippen LogP contribution in [0.5, 0.6) is 0 Å². The average molecular weight is 536 g/mol. The molecule has 0 spiro atoms. The van der Waals surface area contributed by atoms with Gasteiger partial charge in [0.25, 0.3) is 5.91 Å². The van der Waals surface area contributed by atoms with Crippen molar-refractivity contribution < 1.29 is 14.3 Å². The fourth-order valence-corrected chi connectivity index (χ4v) is 4.12. The third-order valence-electron chi connectivity index (χ3n) is 5.93. The van der Waals surface area contributed by atoms with Crippen molar-refractivity contribution in [3.63, 3.8) is 0 Å². The van der Waals surface area contributed by atoms with Crippen molar-refractivity contribution in [3.05, 3.63) is 0 Å². The molecule has 0 aromatic rings. The molecule has 3 saturated heterocycles. The quantitative estimate of drug-likeness (QED) is 0.304. The van der Waals surface area contributed by atoms with Crippen LogP contribution in [-0.2, 0) is 14.3 Å². The minimum atomic E-state index is -0.230. The molecule has 3 heterocycles. The Hall–Kier alpha value is -1.14. The molecule has 3 aliphatic rings. The van der Waals surface area contributed by atoms with E-state index in [-0.39, 0.29) is 41.9 Å². The largest absolute Gasteiger partial charge is 0.368 e. The highest BCUT2D eigenvalue weighted by atomic mass is 127. The lowest BCUT2D eigenvalue weighted by molar-refractivity contribution is -0.142. The maximum absolute atomic E-state index is 12.5. The summed E-state index contributed by atoms with van der Waals surface area (Å²) in [5.74, 6) is 1.24. The van der Waals surface area contributed by atoms with Crippen LogP contribution >= 0.6 is 24.0 Å². The number of piperazine rings is 2. The number of carbonyl (C=O) groups excluding carboxylic acids is 2. The predicted octanol–water partition coefficient (Wildman–Crippen LogP) is 0.0572. The Morgan fingerprint density at radius 3 is 2.20 bits per heavy atom. The van der Waals surface area contributed by atoms with Gasteiger partial charge in [-0.25, -0.2) is 0 Å². The van der Waals surface area contributed by atoms with E-state index in [4.69, 9.17) is 9.73 Å². The number of nitrogens with zero attached hydrogens (tertiary/aromatic N) is 5. The molecule has 0 radical (unpaired) electrons. The van der Waals surface area contributed by atoms with E-state index in [1.54, 1.807) is 6.92 Å². The Morgan fingerprint density at radius 2 is 1.63 bits per heavy atom. The highest BCUT2D eigenvalue weighted by Crippen LogP contribution is 2.16. The van der Waals surface area contributed by atoms with E-state index in [0.29, 0.717) is 6.61 Å². The highest BCUT2D eigenvalue weighted by Gasteiger charge is 2.31. The topological polar surface area (TPSA) is 80.7 Å². The zero-order valence-electron chi connectivity index (χ0n) is 18.3. The van der Waals surface area contributed by atoms with Crippen molar-refractivity contribution >= 4 is 41.8 Å². The molecule has 10 heteroatoms. The van der Waals surface area contributed by atoms with Crippen molar-refractivity contribution in [2.75, 3.05) is 78.6 Å². The van der Waals surface area contributed by atoms with Crippen LogP contribution in [0.3, 0.4) is 0 Å². The third kappa shape index (κ3) is 6.94. The first-order valence-electron chi connectivity index (χ1n) is 11.0. The lowest BCUT2D eigenvalue weighted by Gasteiger charge is -2.37. The summed E-state index contributed by atoms with van der Waals surface area (Å²) in [6.07, 6.45) is 1.60. The standard InChI is InChI=1S/C20H36N6O3.HI/c1-3-21-20(22-6-7-23-8-10-24(11-9-23)17(2)27)26-14-12-25(13-15-26)19(28)18-5-4-16-29-18;/h18H,3-16H2,1-2H3,(H,21,22);1H. The van der Waals surface area contributed by atoms with Crippen LogP contribution in [0, 0.1) is 0 Å². The molecular weight excluding hydrogens is 499 g/mol. The van der Waals surface area contributed by atoms with E-state index in [1.165, 1.54) is 0 Å². The summed E-state index contributed by atoms with van der Waals surface area (Å²) in [5.41, 5.74) is 0. The van der Waals surface area contributed by atoms with Gasteiger partial charge in [0.15, 0.2) is 5.96 Å². The number of carbonyl (C=O) groups is 2. The highest BCUT2D eigenvalue weighted by molar-refractivity contribution is 14.0. The molecule has 0 bridgehead atoms. The number of nitrogens with one attached hydrogen (secondary N) is 1. The van der Waals surface area contributed by atoms with E-state index >= 15 is 0 Å². The number of hydrogen-bond donors (Lipinski definition) is 1. The van der Waals surface area contributed by atoms with E-state index in [2.05, 4.69) is 22.0 Å². The van der Waals surface area contributed by atoms with Gasteiger partial charge in [-0.1, -0.05) is 0 Å². The van der Waals surface area contributed by atoms with Gasteiger partial charge in [-0.05, 0) is 19.8 Å². The summed E-state index contributed by atoms with van der Waals surface area (Å²) in [6, 6.07) is 0. The lowest BCUT2D eigenvalue weighted by Crippen LogP contribution is -2.55. The molecule has 1 atom stereocenters. The van der Waals surface area contributed by atoms with Crippen molar-refractivity contribution in [1.29, 1.82) is 0 Å². The van der Waals surface area contributed by atoms with Gasteiger partial charge in [-0.3, -0.25) is 19.5 Å². The molecule has 0 aromatic heterocycles. The van der Waals surface area contributed by atoms with E-state index in [1.807, 2.05) is 9.80 Å². The molecule has 9 nitrogen and oxygen atoms in total. The second kappa shape index (κ2) is 12.7. The SMILES string of the molecule is CCNC(=NCCN1CCN(C(C)=O)CC1)N1CCN(C(=O)C2CCCO2)CC1.I. The molecule has 2 amide bonds. The van der Waals surface area contributed by atoms with Crippen molar-refractivity contribution in [2.24, 2.45) is 4.99 Å². The Kier molecular flexibility index (Phi) is 10.6. The van der Waals surface area contributed by atoms with Crippen LogP contribution < -0.4 is 5.32 Å².